The molecule has 0 fully saturated rings. The minimum atomic E-state index is 0.558. The number of hydrogen-bond donors (Lipinski definition) is 0. The van der Waals surface area contributed by atoms with E-state index in [2.05, 4.69) is 160 Å². The molecule has 0 aliphatic rings. The molecule has 0 aliphatic carbocycles. The fourth-order valence-electron chi connectivity index (χ4n) is 8.19. The second-order valence-electron chi connectivity index (χ2n) is 14.1. The zero-order valence-electron chi connectivity index (χ0n) is 30.8. The summed E-state index contributed by atoms with van der Waals surface area (Å²) in [4.78, 5) is 17.7. The van der Waals surface area contributed by atoms with Gasteiger partial charge in [0.05, 0.1) is 22.1 Å². The summed E-state index contributed by atoms with van der Waals surface area (Å²) in [6.07, 6.45) is 0. The van der Waals surface area contributed by atoms with Crippen LogP contribution in [0.3, 0.4) is 0 Å². The first-order chi connectivity index (χ1) is 28.3. The van der Waals surface area contributed by atoms with Gasteiger partial charge in [0.25, 0.3) is 0 Å². The second-order valence-corrected chi connectivity index (χ2v) is 14.1. The molecular weight excluding hydrogens is 697 g/mol. The molecule has 11 rings (SSSR count). The van der Waals surface area contributed by atoms with E-state index in [4.69, 9.17) is 15.0 Å². The van der Waals surface area contributed by atoms with E-state index in [-0.39, 0.29) is 0 Å². The molecule has 0 aliphatic heterocycles. The summed E-state index contributed by atoms with van der Waals surface area (Å²) in [5, 5.41) is 4.64. The van der Waals surface area contributed by atoms with Gasteiger partial charge in [-0.25, -0.2) is 4.98 Å². The molecule has 0 atom stereocenters. The SMILES string of the molecule is c1ccc(-c2nc(-c3ccccc3)nc(-n3c4ccc(N(c5ccccc5)c5ccccc5)cc4c4cc(-n5c6ccccc6c6ccccc65)ccc43)n2)cc1. The number of anilines is 3. The average Bonchev–Trinajstić information content (AvgIpc) is 3.80. The molecule has 0 N–H and O–H groups in total. The number of benzene rings is 8. The van der Waals surface area contributed by atoms with Crippen molar-refractivity contribution in [2.24, 2.45) is 0 Å². The molecule has 8 aromatic carbocycles. The van der Waals surface area contributed by atoms with E-state index in [1.165, 1.54) is 21.8 Å². The molecule has 3 heterocycles. The smallest absolute Gasteiger partial charge is 0.238 e. The summed E-state index contributed by atoms with van der Waals surface area (Å²) in [6.45, 7) is 0. The molecule has 0 radical (unpaired) electrons. The standard InChI is InChI=1S/C51H34N6/c1-5-17-35(18-6-1)49-52-50(36-19-7-2-8-20-36)54-51(53-49)57-47-31-29-39(55(37-21-9-3-10-22-37)38-23-11-4-12-24-38)33-43(47)44-34-40(30-32-48(44)57)56-45-27-15-13-25-41(45)42-26-14-16-28-46(42)56/h1-34H. The number of para-hydroxylation sites is 4. The Kier molecular flexibility index (Phi) is 7.71. The Morgan fingerprint density at radius 3 is 1.30 bits per heavy atom. The van der Waals surface area contributed by atoms with Crippen LogP contribution in [-0.4, -0.2) is 24.1 Å². The molecule has 0 unspecified atom stereocenters. The topological polar surface area (TPSA) is 51.8 Å². The Bertz CT molecular complexity index is 3080. The minimum Gasteiger partial charge on any atom is -0.310 e. The van der Waals surface area contributed by atoms with Crippen LogP contribution in [0.25, 0.3) is 78.0 Å². The van der Waals surface area contributed by atoms with Gasteiger partial charge in [-0.2, -0.15) is 9.97 Å². The lowest BCUT2D eigenvalue weighted by Crippen LogP contribution is -2.09. The second kappa shape index (κ2) is 13.5. The molecular formula is C51H34N6. The first-order valence-corrected chi connectivity index (χ1v) is 19.1. The van der Waals surface area contributed by atoms with Gasteiger partial charge in [0, 0.05) is 55.4 Å². The van der Waals surface area contributed by atoms with Crippen molar-refractivity contribution >= 4 is 60.7 Å². The Morgan fingerprint density at radius 1 is 0.316 bits per heavy atom. The first kappa shape index (κ1) is 32.6. The van der Waals surface area contributed by atoms with Crippen molar-refractivity contribution in [2.75, 3.05) is 4.90 Å². The number of nitrogens with zero attached hydrogens (tertiary/aromatic N) is 6. The van der Waals surface area contributed by atoms with E-state index in [0.29, 0.717) is 17.6 Å². The van der Waals surface area contributed by atoms with Gasteiger partial charge in [0.1, 0.15) is 0 Å². The van der Waals surface area contributed by atoms with Gasteiger partial charge < -0.3 is 9.47 Å². The fourth-order valence-corrected chi connectivity index (χ4v) is 8.19. The van der Waals surface area contributed by atoms with Crippen LogP contribution in [0.4, 0.5) is 17.1 Å². The highest BCUT2D eigenvalue weighted by Gasteiger charge is 2.21. The number of aromatic nitrogens is 5. The third-order valence-electron chi connectivity index (χ3n) is 10.7. The van der Waals surface area contributed by atoms with E-state index in [1.807, 2.05) is 60.7 Å². The number of hydrogen-bond acceptors (Lipinski definition) is 4. The molecule has 57 heavy (non-hydrogen) atoms. The van der Waals surface area contributed by atoms with Gasteiger partial charge in [-0.3, -0.25) is 4.57 Å². The highest BCUT2D eigenvalue weighted by molar-refractivity contribution is 6.13. The summed E-state index contributed by atoms with van der Waals surface area (Å²) >= 11 is 0. The Hall–Kier alpha value is -7.83. The predicted molar refractivity (Wildman–Crippen MR) is 234 cm³/mol. The van der Waals surface area contributed by atoms with E-state index >= 15 is 0 Å². The molecule has 3 aromatic heterocycles. The Balaban J connectivity index is 1.21. The molecule has 0 saturated carbocycles. The van der Waals surface area contributed by atoms with Crippen molar-refractivity contribution in [1.29, 1.82) is 0 Å². The summed E-state index contributed by atoms with van der Waals surface area (Å²) in [6, 6.07) is 72.1. The van der Waals surface area contributed by atoms with Crippen LogP contribution in [0.15, 0.2) is 206 Å². The molecule has 6 heteroatoms. The summed E-state index contributed by atoms with van der Waals surface area (Å²) in [5.74, 6) is 1.79. The van der Waals surface area contributed by atoms with Crippen molar-refractivity contribution < 1.29 is 0 Å². The van der Waals surface area contributed by atoms with Crippen molar-refractivity contribution in [2.45, 2.75) is 0 Å². The van der Waals surface area contributed by atoms with Gasteiger partial charge in [-0.1, -0.05) is 133 Å². The zero-order chi connectivity index (χ0) is 37.7. The van der Waals surface area contributed by atoms with E-state index < -0.39 is 0 Å². The van der Waals surface area contributed by atoms with Crippen LogP contribution in [0, 0.1) is 0 Å². The quantitative estimate of drug-likeness (QED) is 0.164. The lowest BCUT2D eigenvalue weighted by Gasteiger charge is -2.25. The fraction of sp³-hybridized carbons (Fsp3) is 0. The van der Waals surface area contributed by atoms with Crippen LogP contribution in [-0.2, 0) is 0 Å². The van der Waals surface area contributed by atoms with E-state index in [0.717, 1.165) is 55.7 Å². The van der Waals surface area contributed by atoms with E-state index in [9.17, 15) is 0 Å². The van der Waals surface area contributed by atoms with Crippen LogP contribution in [0.5, 0.6) is 0 Å². The summed E-state index contributed by atoms with van der Waals surface area (Å²) in [5.41, 5.74) is 10.5. The predicted octanol–water partition coefficient (Wildman–Crippen LogP) is 12.9. The van der Waals surface area contributed by atoms with Crippen LogP contribution in [0.1, 0.15) is 0 Å². The molecule has 11 aromatic rings. The van der Waals surface area contributed by atoms with Crippen molar-refractivity contribution in [1.82, 2.24) is 24.1 Å². The highest BCUT2D eigenvalue weighted by atomic mass is 15.2. The van der Waals surface area contributed by atoms with Crippen LogP contribution < -0.4 is 4.90 Å². The molecule has 268 valence electrons. The molecule has 6 nitrogen and oxygen atoms in total. The lowest BCUT2D eigenvalue weighted by molar-refractivity contribution is 0.953. The maximum atomic E-state index is 5.20. The van der Waals surface area contributed by atoms with Crippen molar-refractivity contribution in [3.05, 3.63) is 206 Å². The van der Waals surface area contributed by atoms with Gasteiger partial charge >= 0.3 is 0 Å². The maximum absolute atomic E-state index is 5.20. The molecule has 0 spiro atoms. The van der Waals surface area contributed by atoms with Gasteiger partial charge in [0.2, 0.25) is 5.95 Å². The lowest BCUT2D eigenvalue weighted by atomic mass is 10.1. The number of fused-ring (bicyclic) bond motifs is 6. The summed E-state index contributed by atoms with van der Waals surface area (Å²) < 4.78 is 4.57. The Morgan fingerprint density at radius 2 is 0.754 bits per heavy atom. The maximum Gasteiger partial charge on any atom is 0.238 e. The first-order valence-electron chi connectivity index (χ1n) is 19.1. The van der Waals surface area contributed by atoms with Gasteiger partial charge in [-0.05, 0) is 72.8 Å². The summed E-state index contributed by atoms with van der Waals surface area (Å²) in [7, 11) is 0. The molecule has 0 saturated heterocycles. The monoisotopic (exact) mass is 730 g/mol. The van der Waals surface area contributed by atoms with Crippen LogP contribution in [0.2, 0.25) is 0 Å². The molecule has 0 amide bonds. The largest absolute Gasteiger partial charge is 0.310 e. The number of rotatable bonds is 7. The van der Waals surface area contributed by atoms with Gasteiger partial charge in [-0.15, -0.1) is 0 Å². The van der Waals surface area contributed by atoms with Crippen molar-refractivity contribution in [3.8, 4) is 34.4 Å². The normalized spacial score (nSPS) is 11.5. The van der Waals surface area contributed by atoms with Crippen molar-refractivity contribution in [3.63, 3.8) is 0 Å². The highest BCUT2D eigenvalue weighted by Crippen LogP contribution is 2.41. The van der Waals surface area contributed by atoms with Crippen LogP contribution >= 0.6 is 0 Å². The average molecular weight is 731 g/mol. The minimum absolute atomic E-state index is 0.558. The Labute approximate surface area is 329 Å². The molecule has 0 bridgehead atoms. The third kappa shape index (κ3) is 5.54. The van der Waals surface area contributed by atoms with Gasteiger partial charge in [0.15, 0.2) is 11.6 Å². The van der Waals surface area contributed by atoms with E-state index in [1.54, 1.807) is 0 Å². The third-order valence-corrected chi connectivity index (χ3v) is 10.7. The zero-order valence-corrected chi connectivity index (χ0v) is 30.8.